The first kappa shape index (κ1) is 18.6. The number of anilines is 1. The first-order valence-electron chi connectivity index (χ1n) is 8.76. The molecule has 0 aromatic carbocycles. The van der Waals surface area contributed by atoms with Crippen LogP contribution in [0.4, 0.5) is 5.82 Å². The van der Waals surface area contributed by atoms with E-state index in [0.717, 1.165) is 12.0 Å². The van der Waals surface area contributed by atoms with Gasteiger partial charge in [0.05, 0.1) is 17.8 Å². The molecule has 3 heterocycles. The summed E-state index contributed by atoms with van der Waals surface area (Å²) in [4.78, 5) is 31.6. The molecule has 0 fully saturated rings. The lowest BCUT2D eigenvalue weighted by Crippen LogP contribution is -2.20. The second kappa shape index (κ2) is 7.56. The van der Waals surface area contributed by atoms with Crippen LogP contribution in [0.2, 0.25) is 0 Å². The van der Waals surface area contributed by atoms with Crippen molar-refractivity contribution >= 4 is 11.7 Å². The molecule has 3 aromatic rings. The third kappa shape index (κ3) is 4.13. The molecule has 0 saturated heterocycles. The van der Waals surface area contributed by atoms with Gasteiger partial charge in [0.1, 0.15) is 11.6 Å². The second-order valence-electron chi connectivity index (χ2n) is 6.42. The first-order valence-corrected chi connectivity index (χ1v) is 8.76. The number of H-pyrrole nitrogens is 1. The van der Waals surface area contributed by atoms with Crippen molar-refractivity contribution in [1.29, 1.82) is 0 Å². The van der Waals surface area contributed by atoms with Gasteiger partial charge in [-0.15, -0.1) is 0 Å². The van der Waals surface area contributed by atoms with E-state index in [4.69, 9.17) is 4.52 Å². The maximum atomic E-state index is 12.5. The Morgan fingerprint density at radius 2 is 2.07 bits per heavy atom. The lowest BCUT2D eigenvalue weighted by atomic mass is 10.1. The highest BCUT2D eigenvalue weighted by molar-refractivity contribution is 5.92. The van der Waals surface area contributed by atoms with Gasteiger partial charge in [0, 0.05) is 23.4 Å². The molecule has 142 valence electrons. The van der Waals surface area contributed by atoms with Crippen molar-refractivity contribution in [3.63, 3.8) is 0 Å². The van der Waals surface area contributed by atoms with Crippen LogP contribution in [0.3, 0.4) is 0 Å². The van der Waals surface area contributed by atoms with Gasteiger partial charge in [-0.05, 0) is 27.2 Å². The largest absolute Gasteiger partial charge is 0.361 e. The van der Waals surface area contributed by atoms with Crippen LogP contribution in [-0.2, 0) is 17.6 Å². The molecule has 0 atom stereocenters. The maximum absolute atomic E-state index is 12.5. The van der Waals surface area contributed by atoms with E-state index in [1.807, 2.05) is 6.92 Å². The number of aromatic amines is 1. The molecule has 1 amide bonds. The number of aromatic nitrogens is 5. The summed E-state index contributed by atoms with van der Waals surface area (Å²) in [5.41, 5.74) is 2.55. The molecule has 0 bridgehead atoms. The van der Waals surface area contributed by atoms with Crippen molar-refractivity contribution in [2.24, 2.45) is 0 Å². The van der Waals surface area contributed by atoms with E-state index in [2.05, 4.69) is 25.5 Å². The summed E-state index contributed by atoms with van der Waals surface area (Å²) >= 11 is 0. The molecule has 0 radical (unpaired) electrons. The summed E-state index contributed by atoms with van der Waals surface area (Å²) < 4.78 is 6.53. The molecule has 3 aromatic heterocycles. The average Bonchev–Trinajstić information content (AvgIpc) is 3.11. The highest BCUT2D eigenvalue weighted by Crippen LogP contribution is 2.17. The van der Waals surface area contributed by atoms with E-state index in [1.165, 1.54) is 10.7 Å². The van der Waals surface area contributed by atoms with Gasteiger partial charge in [0.15, 0.2) is 0 Å². The Bertz CT molecular complexity index is 1010. The van der Waals surface area contributed by atoms with Gasteiger partial charge in [0.2, 0.25) is 11.9 Å². The van der Waals surface area contributed by atoms with Gasteiger partial charge in [-0.2, -0.15) is 9.78 Å². The molecule has 9 nitrogen and oxygen atoms in total. The third-order valence-corrected chi connectivity index (χ3v) is 4.11. The SMILES string of the molecule is CCCc1cc(=O)[nH]c(-n2nc(C)cc2NC(=O)Cc2c(C)noc2C)n1. The summed E-state index contributed by atoms with van der Waals surface area (Å²) in [7, 11) is 0. The molecule has 0 saturated carbocycles. The molecule has 2 N–H and O–H groups in total. The number of aryl methyl sites for hydroxylation is 4. The predicted octanol–water partition coefficient (Wildman–Crippen LogP) is 2.00. The smallest absolute Gasteiger partial charge is 0.252 e. The number of amides is 1. The van der Waals surface area contributed by atoms with E-state index in [0.29, 0.717) is 35.1 Å². The van der Waals surface area contributed by atoms with Crippen LogP contribution in [0, 0.1) is 20.8 Å². The minimum atomic E-state index is -0.260. The van der Waals surface area contributed by atoms with E-state index in [9.17, 15) is 9.59 Å². The molecular weight excluding hydrogens is 348 g/mol. The number of rotatable bonds is 6. The molecule has 9 heteroatoms. The van der Waals surface area contributed by atoms with Crippen LogP contribution >= 0.6 is 0 Å². The van der Waals surface area contributed by atoms with Crippen LogP contribution in [0.5, 0.6) is 0 Å². The van der Waals surface area contributed by atoms with E-state index in [1.54, 1.807) is 26.8 Å². The van der Waals surface area contributed by atoms with Crippen molar-refractivity contribution in [1.82, 2.24) is 24.9 Å². The van der Waals surface area contributed by atoms with Crippen LogP contribution in [0.1, 0.15) is 41.8 Å². The van der Waals surface area contributed by atoms with E-state index >= 15 is 0 Å². The highest BCUT2D eigenvalue weighted by atomic mass is 16.5. The molecular formula is C18H22N6O3. The Labute approximate surface area is 155 Å². The zero-order valence-electron chi connectivity index (χ0n) is 15.8. The van der Waals surface area contributed by atoms with Gasteiger partial charge < -0.3 is 9.84 Å². The predicted molar refractivity (Wildman–Crippen MR) is 99.0 cm³/mol. The standard InChI is InChI=1S/C18H22N6O3/c1-5-6-13-8-16(25)21-18(19-13)24-15(7-10(2)22-24)20-17(26)9-14-11(3)23-27-12(14)4/h7-8H,5-6,9H2,1-4H3,(H,20,26)(H,19,21,25). The van der Waals surface area contributed by atoms with Crippen molar-refractivity contribution in [2.75, 3.05) is 5.32 Å². The van der Waals surface area contributed by atoms with Crippen LogP contribution in [0.25, 0.3) is 5.95 Å². The number of carbonyl (C=O) groups excluding carboxylic acids is 1. The lowest BCUT2D eigenvalue weighted by Gasteiger charge is -2.09. The van der Waals surface area contributed by atoms with E-state index in [-0.39, 0.29) is 23.8 Å². The summed E-state index contributed by atoms with van der Waals surface area (Å²) in [6.45, 7) is 7.38. The minimum absolute atomic E-state index is 0.130. The third-order valence-electron chi connectivity index (χ3n) is 4.11. The monoisotopic (exact) mass is 370 g/mol. The van der Waals surface area contributed by atoms with Crippen molar-refractivity contribution in [3.05, 3.63) is 50.9 Å². The van der Waals surface area contributed by atoms with Gasteiger partial charge in [-0.25, -0.2) is 4.98 Å². The van der Waals surface area contributed by atoms with Gasteiger partial charge >= 0.3 is 0 Å². The van der Waals surface area contributed by atoms with Gasteiger partial charge in [-0.3, -0.25) is 14.6 Å². The summed E-state index contributed by atoms with van der Waals surface area (Å²) in [6.07, 6.45) is 1.69. The van der Waals surface area contributed by atoms with Crippen molar-refractivity contribution < 1.29 is 9.32 Å². The topological polar surface area (TPSA) is 119 Å². The van der Waals surface area contributed by atoms with Crippen molar-refractivity contribution in [3.8, 4) is 5.95 Å². The number of nitrogens with zero attached hydrogens (tertiary/aromatic N) is 4. The van der Waals surface area contributed by atoms with E-state index < -0.39 is 0 Å². The average molecular weight is 370 g/mol. The lowest BCUT2D eigenvalue weighted by molar-refractivity contribution is -0.115. The molecule has 0 aliphatic carbocycles. The number of hydrogen-bond acceptors (Lipinski definition) is 6. The molecule has 0 spiro atoms. The normalized spacial score (nSPS) is 11.0. The summed E-state index contributed by atoms with van der Waals surface area (Å²) in [5, 5.41) is 11.0. The molecule has 0 unspecified atom stereocenters. The van der Waals surface area contributed by atoms with Crippen LogP contribution in [-0.4, -0.2) is 30.8 Å². The number of carbonyl (C=O) groups is 1. The summed E-state index contributed by atoms with van der Waals surface area (Å²) in [5.74, 6) is 1.08. The minimum Gasteiger partial charge on any atom is -0.361 e. The van der Waals surface area contributed by atoms with Gasteiger partial charge in [-0.1, -0.05) is 18.5 Å². The zero-order chi connectivity index (χ0) is 19.6. The quantitative estimate of drug-likeness (QED) is 0.685. The fourth-order valence-electron chi connectivity index (χ4n) is 2.83. The van der Waals surface area contributed by atoms with Crippen LogP contribution < -0.4 is 10.9 Å². The molecule has 3 rings (SSSR count). The molecule has 0 aliphatic heterocycles. The number of hydrogen-bond donors (Lipinski definition) is 2. The Morgan fingerprint density at radius 3 is 2.74 bits per heavy atom. The second-order valence-corrected chi connectivity index (χ2v) is 6.42. The first-order chi connectivity index (χ1) is 12.9. The van der Waals surface area contributed by atoms with Crippen molar-refractivity contribution in [2.45, 2.75) is 47.0 Å². The zero-order valence-corrected chi connectivity index (χ0v) is 15.8. The maximum Gasteiger partial charge on any atom is 0.252 e. The highest BCUT2D eigenvalue weighted by Gasteiger charge is 2.17. The Balaban J connectivity index is 1.88. The Hall–Kier alpha value is -3.23. The fraction of sp³-hybridized carbons (Fsp3) is 0.389. The Kier molecular flexibility index (Phi) is 5.20. The van der Waals surface area contributed by atoms with Crippen LogP contribution in [0.15, 0.2) is 21.5 Å². The molecule has 0 aliphatic rings. The summed E-state index contributed by atoms with van der Waals surface area (Å²) in [6, 6.07) is 3.19. The van der Waals surface area contributed by atoms with Gasteiger partial charge in [0.25, 0.3) is 5.56 Å². The number of nitrogens with one attached hydrogen (secondary N) is 2. The Morgan fingerprint density at radius 1 is 1.30 bits per heavy atom. The fourth-order valence-corrected chi connectivity index (χ4v) is 2.83. The molecule has 27 heavy (non-hydrogen) atoms.